The molecule has 1 fully saturated rings. The van der Waals surface area contributed by atoms with Crippen molar-refractivity contribution in [3.05, 3.63) is 5.92 Å². The second-order valence-corrected chi connectivity index (χ2v) is 3.37. The molecule has 1 saturated carbocycles. The fourth-order valence-electron chi connectivity index (χ4n) is 1.58. The van der Waals surface area contributed by atoms with Crippen LogP contribution in [0.15, 0.2) is 0 Å². The molecule has 0 unspecified atom stereocenters. The molecule has 0 nitrogen and oxygen atoms in total. The first-order valence-corrected chi connectivity index (χ1v) is 4.15. The second kappa shape index (κ2) is 8.11. The van der Waals surface area contributed by atoms with E-state index >= 15 is 0 Å². The maximum Gasteiger partial charge on any atom is 2.00 e. The maximum atomic E-state index is 2.32. The molecule has 0 spiro atoms. The van der Waals surface area contributed by atoms with E-state index in [1.165, 1.54) is 32.1 Å². The molecule has 2 heteroatoms. The minimum atomic E-state index is 0. The normalized spacial score (nSPS) is 18.8. The summed E-state index contributed by atoms with van der Waals surface area (Å²) in [6, 6.07) is 0. The maximum absolute atomic E-state index is 2.32. The summed E-state index contributed by atoms with van der Waals surface area (Å²) in [4.78, 5) is 0. The molecular weight excluding hydrogens is 259 g/mol. The Bertz CT molecular complexity index is 77.6. The summed E-state index contributed by atoms with van der Waals surface area (Å²) in [6.07, 6.45) is 7.20. The quantitative estimate of drug-likeness (QED) is 0.354. The van der Waals surface area contributed by atoms with Crippen molar-refractivity contribution in [2.75, 3.05) is 0 Å². The van der Waals surface area contributed by atoms with Crippen molar-refractivity contribution >= 4 is 23.1 Å². The Morgan fingerprint density at radius 3 is 1.73 bits per heavy atom. The van der Waals surface area contributed by atoms with Gasteiger partial charge in [-0.1, -0.05) is 33.1 Å². The number of hydrogen-bond donors (Lipinski definition) is 0. The van der Waals surface area contributed by atoms with Gasteiger partial charge >= 0.3 is 23.1 Å². The van der Waals surface area contributed by atoms with Gasteiger partial charge in [-0.3, -0.25) is 0 Å². The Morgan fingerprint density at radius 1 is 1.00 bits per heavy atom. The molecule has 0 aromatic rings. The zero-order valence-corrected chi connectivity index (χ0v) is 11.3. The van der Waals surface area contributed by atoms with Crippen LogP contribution in [0.4, 0.5) is 0 Å². The summed E-state index contributed by atoms with van der Waals surface area (Å²) in [5.41, 5.74) is 0. The van der Waals surface area contributed by atoms with Gasteiger partial charge in [-0.05, 0) is 0 Å². The van der Waals surface area contributed by atoms with E-state index in [1.807, 2.05) is 0 Å². The Morgan fingerprint density at radius 2 is 1.45 bits per heavy atom. The first-order chi connectivity index (χ1) is 4.30. The first-order valence-electron chi connectivity index (χ1n) is 4.15. The van der Waals surface area contributed by atoms with E-state index in [0.717, 1.165) is 5.92 Å². The Kier molecular flexibility index (Phi) is 11.1. The molecule has 1 aliphatic rings. The van der Waals surface area contributed by atoms with Crippen molar-refractivity contribution < 1.29 is 24.0 Å². The van der Waals surface area contributed by atoms with Crippen LogP contribution in [0.5, 0.6) is 0 Å². The van der Waals surface area contributed by atoms with E-state index in [0.29, 0.717) is 0 Å². The topological polar surface area (TPSA) is 0 Å². The SMILES string of the molecule is CC(C)[C-]1CCCCC1.[I-].[Mg+2]. The van der Waals surface area contributed by atoms with Crippen molar-refractivity contribution in [3.8, 4) is 0 Å². The van der Waals surface area contributed by atoms with Gasteiger partial charge in [-0.15, -0.1) is 0 Å². The van der Waals surface area contributed by atoms with Crippen molar-refractivity contribution in [2.45, 2.75) is 46.0 Å². The summed E-state index contributed by atoms with van der Waals surface area (Å²) in [5, 5.41) is 0. The zero-order chi connectivity index (χ0) is 6.69. The van der Waals surface area contributed by atoms with Gasteiger partial charge in [0.1, 0.15) is 0 Å². The Labute approximate surface area is 104 Å². The smallest absolute Gasteiger partial charge is 1.00 e. The first kappa shape index (κ1) is 15.0. The molecule has 0 bridgehead atoms. The summed E-state index contributed by atoms with van der Waals surface area (Å²) in [6.45, 7) is 4.64. The van der Waals surface area contributed by atoms with Crippen molar-refractivity contribution in [1.82, 2.24) is 0 Å². The van der Waals surface area contributed by atoms with Crippen molar-refractivity contribution in [3.63, 3.8) is 0 Å². The van der Waals surface area contributed by atoms with Crippen molar-refractivity contribution in [1.29, 1.82) is 0 Å². The molecular formula is C9H17IMg. The summed E-state index contributed by atoms with van der Waals surface area (Å²) >= 11 is 0. The van der Waals surface area contributed by atoms with Crippen LogP contribution < -0.4 is 24.0 Å². The van der Waals surface area contributed by atoms with Gasteiger partial charge in [-0.25, -0.2) is 0 Å². The standard InChI is InChI=1S/C9H17.HI.Mg/c1-8(2)9-6-4-3-5-7-9;;/h8H,3-7H2,1-2H3;1H;/q-1;;+2/p-1. The van der Waals surface area contributed by atoms with Gasteiger partial charge < -0.3 is 29.9 Å². The molecule has 0 amide bonds. The predicted octanol–water partition coefficient (Wildman–Crippen LogP) is -0.196. The molecule has 1 rings (SSSR count). The molecule has 0 saturated heterocycles. The fourth-order valence-corrected chi connectivity index (χ4v) is 1.58. The molecule has 11 heavy (non-hydrogen) atoms. The average Bonchev–Trinajstić information content (AvgIpc) is 1.90. The van der Waals surface area contributed by atoms with Gasteiger partial charge in [0, 0.05) is 0 Å². The number of halogens is 1. The second-order valence-electron chi connectivity index (χ2n) is 3.37. The summed E-state index contributed by atoms with van der Waals surface area (Å²) < 4.78 is 0. The van der Waals surface area contributed by atoms with E-state index in [1.54, 1.807) is 5.92 Å². The van der Waals surface area contributed by atoms with E-state index in [9.17, 15) is 0 Å². The third kappa shape index (κ3) is 5.69. The van der Waals surface area contributed by atoms with Gasteiger partial charge in [-0.2, -0.15) is 18.8 Å². The Balaban J connectivity index is 0. The molecule has 0 aromatic carbocycles. The van der Waals surface area contributed by atoms with E-state index in [2.05, 4.69) is 13.8 Å². The van der Waals surface area contributed by atoms with Gasteiger partial charge in [0.25, 0.3) is 0 Å². The predicted molar refractivity (Wildman–Crippen MR) is 46.9 cm³/mol. The fraction of sp³-hybridized carbons (Fsp3) is 0.889. The van der Waals surface area contributed by atoms with Crippen LogP contribution in [0.2, 0.25) is 0 Å². The van der Waals surface area contributed by atoms with Crippen LogP contribution in [0.3, 0.4) is 0 Å². The van der Waals surface area contributed by atoms with Crippen LogP contribution in [-0.2, 0) is 0 Å². The van der Waals surface area contributed by atoms with Crippen molar-refractivity contribution in [2.24, 2.45) is 5.92 Å². The van der Waals surface area contributed by atoms with Crippen LogP contribution in [-0.4, -0.2) is 23.1 Å². The zero-order valence-electron chi connectivity index (χ0n) is 7.70. The van der Waals surface area contributed by atoms with E-state index < -0.39 is 0 Å². The van der Waals surface area contributed by atoms with Gasteiger partial charge in [0.15, 0.2) is 0 Å². The van der Waals surface area contributed by atoms with Gasteiger partial charge in [0.05, 0.1) is 0 Å². The van der Waals surface area contributed by atoms with Crippen LogP contribution >= 0.6 is 0 Å². The average molecular weight is 276 g/mol. The molecule has 0 aromatic heterocycles. The number of hydrogen-bond acceptors (Lipinski definition) is 0. The van der Waals surface area contributed by atoms with Crippen LogP contribution in [0.25, 0.3) is 0 Å². The van der Waals surface area contributed by atoms with E-state index in [4.69, 9.17) is 0 Å². The molecule has 0 heterocycles. The summed E-state index contributed by atoms with van der Waals surface area (Å²) in [7, 11) is 0. The Hall–Kier alpha value is 1.50. The molecule has 0 radical (unpaired) electrons. The minimum Gasteiger partial charge on any atom is -1.00 e. The molecule has 0 aliphatic heterocycles. The third-order valence-electron chi connectivity index (χ3n) is 2.31. The molecule has 62 valence electrons. The monoisotopic (exact) mass is 276 g/mol. The summed E-state index contributed by atoms with van der Waals surface area (Å²) in [5.74, 6) is 2.66. The molecule has 0 N–H and O–H groups in total. The molecule has 0 atom stereocenters. The van der Waals surface area contributed by atoms with Gasteiger partial charge in [0.2, 0.25) is 0 Å². The third-order valence-corrected chi connectivity index (χ3v) is 2.31. The van der Waals surface area contributed by atoms with E-state index in [-0.39, 0.29) is 47.0 Å². The molecule has 1 aliphatic carbocycles. The minimum absolute atomic E-state index is 0. The number of rotatable bonds is 1. The largest absolute Gasteiger partial charge is 2.00 e. The van der Waals surface area contributed by atoms with Crippen LogP contribution in [0.1, 0.15) is 46.0 Å². The van der Waals surface area contributed by atoms with Crippen LogP contribution in [0, 0.1) is 11.8 Å².